The molecule has 0 unspecified atom stereocenters. The first-order chi connectivity index (χ1) is 29.7. The smallest absolute Gasteiger partial charge is 0.137 e. The third-order valence-electron chi connectivity index (χ3n) is 12.3. The summed E-state index contributed by atoms with van der Waals surface area (Å²) in [5.74, 6) is 0. The molecule has 280 valence electrons. The predicted molar refractivity (Wildman–Crippen MR) is 255 cm³/mol. The van der Waals surface area contributed by atoms with Crippen molar-refractivity contribution in [1.29, 1.82) is 0 Å². The lowest BCUT2D eigenvalue weighted by atomic mass is 9.94. The quantitative estimate of drug-likeness (QED) is 0.157. The monoisotopic (exact) mass is 763 g/mol. The highest BCUT2D eigenvalue weighted by Gasteiger charge is 2.20. The van der Waals surface area contributed by atoms with Crippen LogP contribution >= 0.6 is 0 Å². The van der Waals surface area contributed by atoms with Gasteiger partial charge in [0.25, 0.3) is 0 Å². The highest BCUT2D eigenvalue weighted by Crippen LogP contribution is 2.44. The molecule has 2 heteroatoms. The Morgan fingerprint density at radius 2 is 0.767 bits per heavy atom. The fourth-order valence-corrected chi connectivity index (χ4v) is 9.29. The van der Waals surface area contributed by atoms with Crippen LogP contribution in [0.15, 0.2) is 229 Å². The third-order valence-corrected chi connectivity index (χ3v) is 12.3. The second-order valence-electron chi connectivity index (χ2n) is 15.7. The van der Waals surface area contributed by atoms with E-state index in [0.717, 1.165) is 39.0 Å². The highest BCUT2D eigenvalue weighted by molar-refractivity contribution is 6.14. The van der Waals surface area contributed by atoms with Gasteiger partial charge in [0.1, 0.15) is 11.2 Å². The Morgan fingerprint density at radius 3 is 1.48 bits per heavy atom. The molecule has 0 fully saturated rings. The molecule has 12 aromatic rings. The minimum atomic E-state index is 0.870. The van der Waals surface area contributed by atoms with Gasteiger partial charge in [-0.25, -0.2) is 0 Å². The fourth-order valence-electron chi connectivity index (χ4n) is 9.29. The number of para-hydroxylation sites is 1. The van der Waals surface area contributed by atoms with Crippen molar-refractivity contribution in [3.63, 3.8) is 0 Å². The zero-order valence-corrected chi connectivity index (χ0v) is 32.7. The Hall–Kier alpha value is -7.94. The normalized spacial score (nSPS) is 11.7. The van der Waals surface area contributed by atoms with Gasteiger partial charge < -0.3 is 9.32 Å². The number of benzene rings is 11. The van der Waals surface area contributed by atoms with E-state index in [9.17, 15) is 0 Å². The van der Waals surface area contributed by atoms with E-state index in [1.54, 1.807) is 0 Å². The van der Waals surface area contributed by atoms with Gasteiger partial charge in [-0.15, -0.1) is 0 Å². The summed E-state index contributed by atoms with van der Waals surface area (Å²) in [5, 5.41) is 12.3. The average molecular weight is 764 g/mol. The summed E-state index contributed by atoms with van der Waals surface area (Å²) < 4.78 is 6.40. The molecule has 1 aromatic heterocycles. The number of hydrogen-bond acceptors (Lipinski definition) is 2. The lowest BCUT2D eigenvalue weighted by Gasteiger charge is -2.26. The average Bonchev–Trinajstić information content (AvgIpc) is 3.71. The van der Waals surface area contributed by atoms with Gasteiger partial charge in [0.05, 0.1) is 11.1 Å². The molecule has 0 aliphatic carbocycles. The molecule has 11 aromatic carbocycles. The van der Waals surface area contributed by atoms with E-state index in [2.05, 4.69) is 217 Å². The van der Waals surface area contributed by atoms with Crippen LogP contribution in [0.1, 0.15) is 0 Å². The molecule has 1 heterocycles. The SMILES string of the molecule is c1ccc2c(c1)ccc1ccc(-c3ccc(-c4ccc(N(c5ccc(-c6cccc7c6ccc6ccccc67)cc5)c5cccc6oc7ccccc7c56)cc4)cc3)cc12. The standard InChI is InChI=1S/C58H37NO/c1-3-11-48-42(10-1)31-36-52-49(14-7-15-51(48)52)43-29-34-47(35-30-43)59(55-16-8-18-57-58(55)53-13-5-6-17-56(53)60-57)46-32-27-39(28-33-46)38-19-21-40(22-20-38)45-26-25-44-24-23-41-9-2-4-12-50(41)54(44)37-45/h1-37H. The first-order valence-corrected chi connectivity index (χ1v) is 20.6. The predicted octanol–water partition coefficient (Wildman–Crippen LogP) is 16.7. The lowest BCUT2D eigenvalue weighted by Crippen LogP contribution is -2.10. The molecular formula is C58H37NO. The number of nitrogens with zero attached hydrogens (tertiary/aromatic N) is 1. The number of furan rings is 1. The van der Waals surface area contributed by atoms with Gasteiger partial charge in [-0.2, -0.15) is 0 Å². The van der Waals surface area contributed by atoms with Crippen molar-refractivity contribution in [2.24, 2.45) is 0 Å². The molecule has 0 amide bonds. The summed E-state index contributed by atoms with van der Waals surface area (Å²) in [6.07, 6.45) is 0. The van der Waals surface area contributed by atoms with Gasteiger partial charge in [0.15, 0.2) is 0 Å². The Bertz CT molecular complexity index is 3580. The molecular weight excluding hydrogens is 727 g/mol. The van der Waals surface area contributed by atoms with Crippen molar-refractivity contribution >= 4 is 82.1 Å². The molecule has 12 rings (SSSR count). The molecule has 0 atom stereocenters. The van der Waals surface area contributed by atoms with Crippen molar-refractivity contribution < 1.29 is 4.42 Å². The van der Waals surface area contributed by atoms with Crippen LogP contribution in [0.4, 0.5) is 17.1 Å². The maximum absolute atomic E-state index is 6.40. The van der Waals surface area contributed by atoms with Crippen molar-refractivity contribution in [3.05, 3.63) is 224 Å². The summed E-state index contributed by atoms with van der Waals surface area (Å²) in [4.78, 5) is 2.36. The van der Waals surface area contributed by atoms with Crippen LogP contribution in [0, 0.1) is 0 Å². The minimum absolute atomic E-state index is 0.870. The zero-order valence-electron chi connectivity index (χ0n) is 32.7. The minimum Gasteiger partial charge on any atom is -0.456 e. The third kappa shape index (κ3) is 5.65. The second-order valence-corrected chi connectivity index (χ2v) is 15.7. The lowest BCUT2D eigenvalue weighted by molar-refractivity contribution is 0.669. The summed E-state index contributed by atoms with van der Waals surface area (Å²) in [7, 11) is 0. The Morgan fingerprint density at radius 1 is 0.283 bits per heavy atom. The summed E-state index contributed by atoms with van der Waals surface area (Å²) >= 11 is 0. The number of rotatable bonds is 6. The first-order valence-electron chi connectivity index (χ1n) is 20.6. The Kier molecular flexibility index (Phi) is 7.89. The number of fused-ring (bicyclic) bond motifs is 9. The van der Waals surface area contributed by atoms with Crippen molar-refractivity contribution in [3.8, 4) is 33.4 Å². The molecule has 0 radical (unpaired) electrons. The first kappa shape index (κ1) is 34.1. The van der Waals surface area contributed by atoms with Crippen LogP contribution in [0.25, 0.3) is 98.4 Å². The molecule has 0 bridgehead atoms. The van der Waals surface area contributed by atoms with Crippen molar-refractivity contribution in [2.75, 3.05) is 4.90 Å². The summed E-state index contributed by atoms with van der Waals surface area (Å²) in [6, 6.07) is 81.2. The Balaban J connectivity index is 0.924. The van der Waals surface area contributed by atoms with Crippen LogP contribution in [0.5, 0.6) is 0 Å². The number of hydrogen-bond donors (Lipinski definition) is 0. The molecule has 0 aliphatic rings. The Labute approximate surface area is 347 Å². The van der Waals surface area contributed by atoms with Crippen LogP contribution in [0.3, 0.4) is 0 Å². The van der Waals surface area contributed by atoms with Crippen LogP contribution in [-0.2, 0) is 0 Å². The van der Waals surface area contributed by atoms with Gasteiger partial charge in [0.2, 0.25) is 0 Å². The topological polar surface area (TPSA) is 16.4 Å². The largest absolute Gasteiger partial charge is 0.456 e. The zero-order chi connectivity index (χ0) is 39.6. The van der Waals surface area contributed by atoms with Crippen LogP contribution in [-0.4, -0.2) is 0 Å². The van der Waals surface area contributed by atoms with E-state index in [1.807, 2.05) is 12.1 Å². The van der Waals surface area contributed by atoms with Crippen molar-refractivity contribution in [1.82, 2.24) is 0 Å². The summed E-state index contributed by atoms with van der Waals surface area (Å²) in [6.45, 7) is 0. The molecule has 60 heavy (non-hydrogen) atoms. The van der Waals surface area contributed by atoms with E-state index in [1.165, 1.54) is 76.5 Å². The van der Waals surface area contributed by atoms with E-state index < -0.39 is 0 Å². The van der Waals surface area contributed by atoms with Gasteiger partial charge in [-0.05, 0) is 125 Å². The highest BCUT2D eigenvalue weighted by atomic mass is 16.3. The fraction of sp³-hybridized carbons (Fsp3) is 0. The maximum Gasteiger partial charge on any atom is 0.137 e. The molecule has 0 saturated heterocycles. The van der Waals surface area contributed by atoms with Gasteiger partial charge in [-0.3, -0.25) is 0 Å². The van der Waals surface area contributed by atoms with Gasteiger partial charge in [-0.1, -0.05) is 176 Å². The number of anilines is 3. The summed E-state index contributed by atoms with van der Waals surface area (Å²) in [5.41, 5.74) is 12.1. The van der Waals surface area contributed by atoms with Crippen LogP contribution in [0.2, 0.25) is 0 Å². The molecule has 0 spiro atoms. The van der Waals surface area contributed by atoms with Gasteiger partial charge >= 0.3 is 0 Å². The van der Waals surface area contributed by atoms with Crippen molar-refractivity contribution in [2.45, 2.75) is 0 Å². The van der Waals surface area contributed by atoms with Gasteiger partial charge in [0, 0.05) is 16.8 Å². The molecule has 0 N–H and O–H groups in total. The molecule has 0 aliphatic heterocycles. The second kappa shape index (κ2) is 13.9. The van der Waals surface area contributed by atoms with E-state index >= 15 is 0 Å². The van der Waals surface area contributed by atoms with E-state index in [0.29, 0.717) is 0 Å². The van der Waals surface area contributed by atoms with Crippen LogP contribution < -0.4 is 4.90 Å². The van der Waals surface area contributed by atoms with E-state index in [-0.39, 0.29) is 0 Å². The van der Waals surface area contributed by atoms with E-state index in [4.69, 9.17) is 4.42 Å². The maximum atomic E-state index is 6.40. The molecule has 2 nitrogen and oxygen atoms in total. The molecule has 0 saturated carbocycles.